The normalized spacial score (nSPS) is 12.7. The van der Waals surface area contributed by atoms with Crippen LogP contribution >= 0.6 is 0 Å². The fourth-order valence-corrected chi connectivity index (χ4v) is 2.51. The molecule has 0 bridgehead atoms. The minimum atomic E-state index is -0.845. The molecule has 6 heteroatoms. The first-order valence-corrected chi connectivity index (χ1v) is 8.58. The molecule has 0 radical (unpaired) electrons. The molecule has 26 heavy (non-hydrogen) atoms. The Hall–Kier alpha value is -2.89. The summed E-state index contributed by atoms with van der Waals surface area (Å²) >= 11 is 0. The minimum absolute atomic E-state index is 0.277. The van der Waals surface area contributed by atoms with Gasteiger partial charge in [0.15, 0.2) is 6.10 Å². The zero-order chi connectivity index (χ0) is 18.9. The second kappa shape index (κ2) is 9.56. The van der Waals surface area contributed by atoms with E-state index in [1.165, 1.54) is 24.3 Å². The molecular formula is C20H23FN2O3. The standard InChI is InChI=1S/C20H23FN2O3/c1-3-7-18(15-8-5-4-6-9-15)20(25)23-22-19(24)14(2)26-17-12-10-16(21)11-13-17/h4-6,8-14,18H,3,7H2,1-2H3,(H,22,24)(H,23,25)/t14-,18-/m0/s1. The van der Waals surface area contributed by atoms with Gasteiger partial charge in [-0.15, -0.1) is 0 Å². The number of rotatable bonds is 7. The maximum Gasteiger partial charge on any atom is 0.279 e. The Morgan fingerprint density at radius 3 is 2.23 bits per heavy atom. The Labute approximate surface area is 152 Å². The topological polar surface area (TPSA) is 67.4 Å². The number of amides is 2. The summed E-state index contributed by atoms with van der Waals surface area (Å²) in [6.45, 7) is 3.55. The van der Waals surface area contributed by atoms with Gasteiger partial charge >= 0.3 is 0 Å². The van der Waals surface area contributed by atoms with Crippen molar-refractivity contribution in [2.45, 2.75) is 38.7 Å². The predicted molar refractivity (Wildman–Crippen MR) is 96.9 cm³/mol. The molecule has 0 aromatic heterocycles. The molecule has 0 aliphatic rings. The summed E-state index contributed by atoms with van der Waals surface area (Å²) in [5.41, 5.74) is 5.75. The van der Waals surface area contributed by atoms with Crippen molar-refractivity contribution in [1.29, 1.82) is 0 Å². The molecular weight excluding hydrogens is 335 g/mol. The van der Waals surface area contributed by atoms with E-state index in [2.05, 4.69) is 10.9 Å². The first kappa shape index (κ1) is 19.4. The highest BCUT2D eigenvalue weighted by Gasteiger charge is 2.21. The average molecular weight is 358 g/mol. The second-order valence-electron chi connectivity index (χ2n) is 5.94. The summed E-state index contributed by atoms with van der Waals surface area (Å²) in [5.74, 6) is -1.13. The Balaban J connectivity index is 1.90. The monoisotopic (exact) mass is 358 g/mol. The van der Waals surface area contributed by atoms with Crippen LogP contribution in [0.25, 0.3) is 0 Å². The average Bonchev–Trinajstić information content (AvgIpc) is 2.66. The molecule has 0 aliphatic heterocycles. The summed E-state index contributed by atoms with van der Waals surface area (Å²) in [6, 6.07) is 14.8. The highest BCUT2D eigenvalue weighted by molar-refractivity contribution is 5.87. The van der Waals surface area contributed by atoms with E-state index in [1.807, 2.05) is 37.3 Å². The molecule has 0 heterocycles. The first-order valence-electron chi connectivity index (χ1n) is 8.58. The summed E-state index contributed by atoms with van der Waals surface area (Å²) in [4.78, 5) is 24.6. The van der Waals surface area contributed by atoms with Gasteiger partial charge in [-0.1, -0.05) is 43.7 Å². The number of ether oxygens (including phenoxy) is 1. The number of benzene rings is 2. The van der Waals surface area contributed by atoms with Gasteiger partial charge in [-0.05, 0) is 43.2 Å². The van der Waals surface area contributed by atoms with Gasteiger partial charge in [-0.3, -0.25) is 20.4 Å². The molecule has 0 fully saturated rings. The Bertz CT molecular complexity index is 720. The molecule has 0 spiro atoms. The van der Waals surface area contributed by atoms with Crippen molar-refractivity contribution in [2.24, 2.45) is 0 Å². The molecule has 138 valence electrons. The van der Waals surface area contributed by atoms with Crippen molar-refractivity contribution in [3.8, 4) is 5.75 Å². The molecule has 0 unspecified atom stereocenters. The third kappa shape index (κ3) is 5.58. The van der Waals surface area contributed by atoms with E-state index in [9.17, 15) is 14.0 Å². The van der Waals surface area contributed by atoms with E-state index in [0.29, 0.717) is 12.2 Å². The summed E-state index contributed by atoms with van der Waals surface area (Å²) in [6.07, 6.45) is 0.667. The number of hydrazine groups is 1. The van der Waals surface area contributed by atoms with Crippen LogP contribution in [0.2, 0.25) is 0 Å². The van der Waals surface area contributed by atoms with E-state index < -0.39 is 12.0 Å². The van der Waals surface area contributed by atoms with Gasteiger partial charge in [0.2, 0.25) is 5.91 Å². The number of halogens is 1. The highest BCUT2D eigenvalue weighted by Crippen LogP contribution is 2.21. The van der Waals surface area contributed by atoms with Gasteiger partial charge in [0, 0.05) is 0 Å². The van der Waals surface area contributed by atoms with Gasteiger partial charge in [0.05, 0.1) is 5.92 Å². The molecule has 0 saturated carbocycles. The quantitative estimate of drug-likeness (QED) is 0.746. The van der Waals surface area contributed by atoms with Crippen molar-refractivity contribution in [2.75, 3.05) is 0 Å². The Kier molecular flexibility index (Phi) is 7.14. The lowest BCUT2D eigenvalue weighted by Gasteiger charge is -2.19. The second-order valence-corrected chi connectivity index (χ2v) is 5.94. The lowest BCUT2D eigenvalue weighted by Crippen LogP contribution is -2.48. The molecule has 5 nitrogen and oxygen atoms in total. The summed E-state index contributed by atoms with van der Waals surface area (Å²) in [5, 5.41) is 0. The van der Waals surface area contributed by atoms with Crippen LogP contribution in [-0.2, 0) is 9.59 Å². The van der Waals surface area contributed by atoms with Crippen LogP contribution in [0.1, 0.15) is 38.2 Å². The van der Waals surface area contributed by atoms with Crippen LogP contribution in [0, 0.1) is 5.82 Å². The molecule has 2 rings (SSSR count). The van der Waals surface area contributed by atoms with E-state index >= 15 is 0 Å². The zero-order valence-electron chi connectivity index (χ0n) is 14.9. The number of hydrogen-bond donors (Lipinski definition) is 2. The minimum Gasteiger partial charge on any atom is -0.481 e. The number of nitrogens with one attached hydrogen (secondary N) is 2. The largest absolute Gasteiger partial charge is 0.481 e. The maximum absolute atomic E-state index is 12.9. The SMILES string of the molecule is CCC[C@H](C(=O)NNC(=O)[C@H](C)Oc1ccc(F)cc1)c1ccccc1. The van der Waals surface area contributed by atoms with Gasteiger partial charge < -0.3 is 4.74 Å². The van der Waals surface area contributed by atoms with Crippen LogP contribution in [0.5, 0.6) is 5.75 Å². The van der Waals surface area contributed by atoms with Crippen molar-refractivity contribution in [3.63, 3.8) is 0 Å². The van der Waals surface area contributed by atoms with Crippen molar-refractivity contribution in [1.82, 2.24) is 10.9 Å². The summed E-state index contributed by atoms with van der Waals surface area (Å²) in [7, 11) is 0. The predicted octanol–water partition coefficient (Wildman–Crippen LogP) is 3.32. The van der Waals surface area contributed by atoms with E-state index in [0.717, 1.165) is 12.0 Å². The highest BCUT2D eigenvalue weighted by atomic mass is 19.1. The van der Waals surface area contributed by atoms with E-state index in [4.69, 9.17) is 4.74 Å². The van der Waals surface area contributed by atoms with Crippen LogP contribution in [0.3, 0.4) is 0 Å². The fraction of sp³-hybridized carbons (Fsp3) is 0.300. The van der Waals surface area contributed by atoms with Crippen LogP contribution in [0.15, 0.2) is 54.6 Å². The van der Waals surface area contributed by atoms with Gasteiger partial charge in [-0.25, -0.2) is 4.39 Å². The molecule has 2 aromatic rings. The van der Waals surface area contributed by atoms with E-state index in [1.54, 1.807) is 6.92 Å². The van der Waals surface area contributed by atoms with Crippen LogP contribution in [0.4, 0.5) is 4.39 Å². The zero-order valence-corrected chi connectivity index (χ0v) is 14.9. The third-order valence-electron chi connectivity index (χ3n) is 3.90. The van der Waals surface area contributed by atoms with Crippen molar-refractivity contribution >= 4 is 11.8 Å². The first-order chi connectivity index (χ1) is 12.5. The van der Waals surface area contributed by atoms with Gasteiger partial charge in [0.25, 0.3) is 5.91 Å². The Morgan fingerprint density at radius 1 is 1.00 bits per heavy atom. The molecule has 2 atom stereocenters. The lowest BCUT2D eigenvalue weighted by molar-refractivity contribution is -0.133. The maximum atomic E-state index is 12.9. The van der Waals surface area contributed by atoms with Crippen LogP contribution in [-0.4, -0.2) is 17.9 Å². The number of carbonyl (C=O) groups excluding carboxylic acids is 2. The smallest absolute Gasteiger partial charge is 0.279 e. The van der Waals surface area contributed by atoms with Crippen molar-refractivity contribution in [3.05, 3.63) is 66.0 Å². The summed E-state index contributed by atoms with van der Waals surface area (Å²) < 4.78 is 18.3. The lowest BCUT2D eigenvalue weighted by atomic mass is 9.94. The van der Waals surface area contributed by atoms with Gasteiger partial charge in [-0.2, -0.15) is 0 Å². The molecule has 2 N–H and O–H groups in total. The van der Waals surface area contributed by atoms with Gasteiger partial charge in [0.1, 0.15) is 11.6 Å². The van der Waals surface area contributed by atoms with Crippen LogP contribution < -0.4 is 15.6 Å². The Morgan fingerprint density at radius 2 is 1.62 bits per heavy atom. The molecule has 2 amide bonds. The number of carbonyl (C=O) groups is 2. The molecule has 0 saturated heterocycles. The molecule has 0 aliphatic carbocycles. The number of hydrogen-bond acceptors (Lipinski definition) is 3. The molecule has 2 aromatic carbocycles. The fourth-order valence-electron chi connectivity index (χ4n) is 2.51. The van der Waals surface area contributed by atoms with E-state index in [-0.39, 0.29) is 17.6 Å². The third-order valence-corrected chi connectivity index (χ3v) is 3.90. The van der Waals surface area contributed by atoms with Crippen molar-refractivity contribution < 1.29 is 18.7 Å².